The molecule has 0 aliphatic carbocycles. The summed E-state index contributed by atoms with van der Waals surface area (Å²) < 4.78 is 0. The maximum Gasteiger partial charge on any atom is 0.107 e. The van der Waals surface area contributed by atoms with Crippen LogP contribution in [0.3, 0.4) is 0 Å². The summed E-state index contributed by atoms with van der Waals surface area (Å²) in [5.74, 6) is 1.04. The number of hydrogen-bond donors (Lipinski definition) is 2. The number of H-pyrrole nitrogens is 1. The third kappa shape index (κ3) is 5.01. The fourth-order valence-electron chi connectivity index (χ4n) is 2.33. The van der Waals surface area contributed by atoms with Crippen molar-refractivity contribution in [3.8, 4) is 11.3 Å². The molecule has 21 heavy (non-hydrogen) atoms. The van der Waals surface area contributed by atoms with Crippen LogP contribution in [0.15, 0.2) is 30.5 Å². The fourth-order valence-corrected chi connectivity index (χ4v) is 2.33. The average molecular weight is 285 g/mol. The van der Waals surface area contributed by atoms with Gasteiger partial charge in [0.25, 0.3) is 0 Å². The third-order valence-corrected chi connectivity index (χ3v) is 3.45. The van der Waals surface area contributed by atoms with Gasteiger partial charge in [0.05, 0.1) is 11.9 Å². The Morgan fingerprint density at radius 1 is 1.10 bits per heavy atom. The Kier molecular flexibility index (Phi) is 5.18. The Labute approximate surface area is 128 Å². The van der Waals surface area contributed by atoms with E-state index in [1.54, 1.807) is 0 Å². The maximum atomic E-state index is 4.48. The Morgan fingerprint density at radius 2 is 1.81 bits per heavy atom. The molecule has 0 aliphatic heterocycles. The molecule has 1 heterocycles. The second kappa shape index (κ2) is 6.90. The third-order valence-electron chi connectivity index (χ3n) is 3.45. The van der Waals surface area contributed by atoms with Crippen LogP contribution in [-0.4, -0.2) is 22.1 Å². The van der Waals surface area contributed by atoms with Crippen LogP contribution in [0.2, 0.25) is 0 Å². The lowest BCUT2D eigenvalue weighted by atomic mass is 10.1. The van der Waals surface area contributed by atoms with Crippen molar-refractivity contribution in [2.45, 2.75) is 52.5 Å². The van der Waals surface area contributed by atoms with Crippen molar-refractivity contribution in [2.75, 3.05) is 6.54 Å². The van der Waals surface area contributed by atoms with Crippen LogP contribution >= 0.6 is 0 Å². The Bertz CT molecular complexity index is 547. The molecule has 0 radical (unpaired) electrons. The first-order valence-electron chi connectivity index (χ1n) is 7.86. The molecular formula is C18H27N3. The number of nitrogens with one attached hydrogen (secondary N) is 2. The lowest BCUT2D eigenvalue weighted by molar-refractivity contribution is 0.427. The zero-order valence-electron chi connectivity index (χ0n) is 13.7. The molecule has 0 amide bonds. The van der Waals surface area contributed by atoms with Gasteiger partial charge in [-0.15, -0.1) is 0 Å². The first-order chi connectivity index (χ1) is 9.98. The summed E-state index contributed by atoms with van der Waals surface area (Å²) >= 11 is 0. The summed E-state index contributed by atoms with van der Waals surface area (Å²) in [5.41, 5.74) is 3.86. The van der Waals surface area contributed by atoms with Gasteiger partial charge >= 0.3 is 0 Å². The lowest BCUT2D eigenvalue weighted by Crippen LogP contribution is -2.37. The van der Waals surface area contributed by atoms with E-state index in [9.17, 15) is 0 Å². The highest BCUT2D eigenvalue weighted by Gasteiger charge is 2.09. The van der Waals surface area contributed by atoms with E-state index < -0.39 is 0 Å². The first-order valence-corrected chi connectivity index (χ1v) is 7.86. The highest BCUT2D eigenvalue weighted by atomic mass is 15.0. The van der Waals surface area contributed by atoms with Gasteiger partial charge in [0.1, 0.15) is 5.82 Å². The van der Waals surface area contributed by atoms with Gasteiger partial charge in [-0.1, -0.05) is 37.6 Å². The van der Waals surface area contributed by atoms with E-state index in [-0.39, 0.29) is 5.54 Å². The largest absolute Gasteiger partial charge is 0.342 e. The predicted octanol–water partition coefficient (Wildman–Crippen LogP) is 3.96. The summed E-state index contributed by atoms with van der Waals surface area (Å²) in [4.78, 5) is 7.89. The van der Waals surface area contributed by atoms with Crippen molar-refractivity contribution in [3.05, 3.63) is 41.9 Å². The SMILES string of the molecule is CCCc1ccc(-c2cnc(CCNC(C)(C)C)[nH]2)cc1. The van der Waals surface area contributed by atoms with E-state index >= 15 is 0 Å². The number of rotatable bonds is 6. The van der Waals surface area contributed by atoms with Crippen LogP contribution in [0.4, 0.5) is 0 Å². The maximum absolute atomic E-state index is 4.48. The zero-order chi connectivity index (χ0) is 15.3. The molecule has 0 fully saturated rings. The van der Waals surface area contributed by atoms with Crippen LogP contribution in [0.1, 0.15) is 45.5 Å². The number of hydrogen-bond acceptors (Lipinski definition) is 2. The Balaban J connectivity index is 1.96. The number of benzene rings is 1. The van der Waals surface area contributed by atoms with Gasteiger partial charge in [-0.3, -0.25) is 0 Å². The number of aromatic amines is 1. The number of imidazole rings is 1. The minimum atomic E-state index is 0.157. The number of aryl methyl sites for hydroxylation is 1. The molecule has 2 rings (SSSR count). The zero-order valence-corrected chi connectivity index (χ0v) is 13.7. The van der Waals surface area contributed by atoms with Gasteiger partial charge in [0.15, 0.2) is 0 Å². The van der Waals surface area contributed by atoms with Crippen LogP contribution in [0.5, 0.6) is 0 Å². The second-order valence-electron chi connectivity index (χ2n) is 6.62. The molecule has 0 aliphatic rings. The van der Waals surface area contributed by atoms with Crippen molar-refractivity contribution in [3.63, 3.8) is 0 Å². The van der Waals surface area contributed by atoms with Gasteiger partial charge in [-0.05, 0) is 38.3 Å². The summed E-state index contributed by atoms with van der Waals surface area (Å²) in [7, 11) is 0. The first kappa shape index (κ1) is 15.8. The molecule has 3 heteroatoms. The standard InChI is InChI=1S/C18H27N3/c1-5-6-14-7-9-15(10-8-14)16-13-19-17(21-16)11-12-20-18(2,3)4/h7-10,13,20H,5-6,11-12H2,1-4H3,(H,19,21). The molecule has 0 unspecified atom stereocenters. The molecule has 0 saturated heterocycles. The molecule has 0 spiro atoms. The summed E-state index contributed by atoms with van der Waals surface area (Å²) in [6, 6.07) is 8.77. The van der Waals surface area contributed by atoms with E-state index in [2.05, 4.69) is 67.2 Å². The molecule has 114 valence electrons. The molecule has 2 N–H and O–H groups in total. The summed E-state index contributed by atoms with van der Waals surface area (Å²) in [6.45, 7) is 9.68. The van der Waals surface area contributed by atoms with Crippen molar-refractivity contribution in [2.24, 2.45) is 0 Å². The van der Waals surface area contributed by atoms with E-state index in [0.29, 0.717) is 0 Å². The van der Waals surface area contributed by atoms with Gasteiger partial charge in [-0.2, -0.15) is 0 Å². The topological polar surface area (TPSA) is 40.7 Å². The van der Waals surface area contributed by atoms with E-state index in [1.807, 2.05) is 6.20 Å². The second-order valence-corrected chi connectivity index (χ2v) is 6.62. The van der Waals surface area contributed by atoms with Crippen LogP contribution in [0, 0.1) is 0 Å². The van der Waals surface area contributed by atoms with Gasteiger partial charge in [-0.25, -0.2) is 4.98 Å². The van der Waals surface area contributed by atoms with Gasteiger partial charge in [0, 0.05) is 18.5 Å². The van der Waals surface area contributed by atoms with Crippen LogP contribution in [-0.2, 0) is 12.8 Å². The minimum absolute atomic E-state index is 0.157. The van der Waals surface area contributed by atoms with Crippen molar-refractivity contribution in [1.82, 2.24) is 15.3 Å². The highest BCUT2D eigenvalue weighted by Crippen LogP contribution is 2.18. The minimum Gasteiger partial charge on any atom is -0.342 e. The summed E-state index contributed by atoms with van der Waals surface area (Å²) in [5, 5.41) is 3.48. The lowest BCUT2D eigenvalue weighted by Gasteiger charge is -2.19. The van der Waals surface area contributed by atoms with E-state index in [0.717, 1.165) is 30.9 Å². The normalized spacial score (nSPS) is 11.8. The smallest absolute Gasteiger partial charge is 0.107 e. The molecule has 1 aromatic carbocycles. The highest BCUT2D eigenvalue weighted by molar-refractivity contribution is 5.58. The van der Waals surface area contributed by atoms with Crippen molar-refractivity contribution < 1.29 is 0 Å². The molecule has 2 aromatic rings. The van der Waals surface area contributed by atoms with E-state index in [4.69, 9.17) is 0 Å². The Morgan fingerprint density at radius 3 is 2.43 bits per heavy atom. The summed E-state index contributed by atoms with van der Waals surface area (Å²) in [6.07, 6.45) is 5.19. The monoisotopic (exact) mass is 285 g/mol. The molecule has 0 bridgehead atoms. The van der Waals surface area contributed by atoms with Crippen LogP contribution < -0.4 is 5.32 Å². The number of aromatic nitrogens is 2. The fraction of sp³-hybridized carbons (Fsp3) is 0.500. The number of nitrogens with zero attached hydrogens (tertiary/aromatic N) is 1. The molecule has 1 aromatic heterocycles. The van der Waals surface area contributed by atoms with E-state index in [1.165, 1.54) is 17.5 Å². The Hall–Kier alpha value is -1.61. The molecular weight excluding hydrogens is 258 g/mol. The average Bonchev–Trinajstić information content (AvgIpc) is 2.87. The van der Waals surface area contributed by atoms with Crippen molar-refractivity contribution in [1.29, 1.82) is 0 Å². The molecule has 0 saturated carbocycles. The molecule has 3 nitrogen and oxygen atoms in total. The van der Waals surface area contributed by atoms with Crippen LogP contribution in [0.25, 0.3) is 11.3 Å². The van der Waals surface area contributed by atoms with Gasteiger partial charge in [0.2, 0.25) is 0 Å². The van der Waals surface area contributed by atoms with Gasteiger partial charge < -0.3 is 10.3 Å². The quantitative estimate of drug-likeness (QED) is 0.843. The predicted molar refractivity (Wildman–Crippen MR) is 89.5 cm³/mol. The van der Waals surface area contributed by atoms with Crippen molar-refractivity contribution >= 4 is 0 Å². The molecule has 0 atom stereocenters.